The van der Waals surface area contributed by atoms with Crippen molar-refractivity contribution in [3.63, 3.8) is 0 Å². The first-order valence-electron chi connectivity index (χ1n) is 9.46. The topological polar surface area (TPSA) is 179 Å². The third-order valence-corrected chi connectivity index (χ3v) is 5.35. The van der Waals surface area contributed by atoms with Crippen molar-refractivity contribution in [1.82, 2.24) is 0 Å². The van der Waals surface area contributed by atoms with Gasteiger partial charge < -0.3 is 9.79 Å². The summed E-state index contributed by atoms with van der Waals surface area (Å²) < 4.78 is 31.4. The van der Waals surface area contributed by atoms with Crippen LogP contribution in [0.25, 0.3) is 0 Å². The summed E-state index contributed by atoms with van der Waals surface area (Å²) in [6.45, 7) is 7.18. The lowest BCUT2D eigenvalue weighted by atomic mass is 9.86. The van der Waals surface area contributed by atoms with Crippen LogP contribution in [-0.2, 0) is 27.8 Å². The molecule has 0 fully saturated rings. The van der Waals surface area contributed by atoms with Gasteiger partial charge in [-0.15, -0.1) is 0 Å². The van der Waals surface area contributed by atoms with Gasteiger partial charge in [-0.25, -0.2) is 20.1 Å². The second kappa shape index (κ2) is 11.8. The lowest BCUT2D eigenvalue weighted by molar-refractivity contribution is -0.121. The Labute approximate surface area is 172 Å². The highest BCUT2D eigenvalue weighted by Crippen LogP contribution is 2.36. The van der Waals surface area contributed by atoms with Gasteiger partial charge in [0, 0.05) is 25.7 Å². The molecule has 0 saturated carbocycles. The van der Waals surface area contributed by atoms with Crippen LogP contribution < -0.4 is 11.0 Å². The van der Waals surface area contributed by atoms with Gasteiger partial charge in [0.25, 0.3) is 0 Å². The number of carbonyl (C=O) groups excluding carboxylic acids is 2. The van der Waals surface area contributed by atoms with Gasteiger partial charge in [-0.2, -0.15) is 0 Å². The van der Waals surface area contributed by atoms with E-state index < -0.39 is 26.3 Å². The van der Waals surface area contributed by atoms with Gasteiger partial charge in [-0.3, -0.25) is 18.6 Å². The molecular formula is C17H36N2O8P2. The summed E-state index contributed by atoms with van der Waals surface area (Å²) in [6, 6.07) is 0. The maximum atomic E-state index is 12.0. The fraction of sp³-hybridized carbons (Fsp3) is 0.882. The van der Waals surface area contributed by atoms with Crippen molar-refractivity contribution in [2.75, 3.05) is 13.2 Å². The van der Waals surface area contributed by atoms with E-state index in [1.807, 2.05) is 27.7 Å². The van der Waals surface area contributed by atoms with Crippen LogP contribution >= 0.6 is 15.5 Å². The van der Waals surface area contributed by atoms with E-state index in [-0.39, 0.29) is 50.5 Å². The molecule has 172 valence electrons. The number of carbonyl (C=O) groups is 2. The monoisotopic (exact) mass is 458 g/mol. The van der Waals surface area contributed by atoms with Crippen molar-refractivity contribution < 1.29 is 37.6 Å². The minimum Gasteiger partial charge on any atom is -0.313 e. The molecule has 0 aliphatic heterocycles. The van der Waals surface area contributed by atoms with Crippen LogP contribution in [0.15, 0.2) is 0 Å². The molecule has 0 spiro atoms. The summed E-state index contributed by atoms with van der Waals surface area (Å²) in [5, 5.41) is 0. The van der Waals surface area contributed by atoms with Crippen molar-refractivity contribution in [3.05, 3.63) is 0 Å². The summed E-state index contributed by atoms with van der Waals surface area (Å²) in [5.74, 6) is 0.0300. The fourth-order valence-corrected chi connectivity index (χ4v) is 3.44. The molecule has 0 bridgehead atoms. The summed E-state index contributed by atoms with van der Waals surface area (Å²) in [6.07, 6.45) is 2.55. The molecule has 12 heteroatoms. The first-order valence-corrected chi connectivity index (χ1v) is 12.8. The largest absolute Gasteiger partial charge is 0.400 e. The third-order valence-electron chi connectivity index (χ3n) is 4.35. The van der Waals surface area contributed by atoms with Crippen molar-refractivity contribution >= 4 is 27.1 Å². The maximum Gasteiger partial charge on any atom is 0.400 e. The zero-order valence-electron chi connectivity index (χ0n) is 17.8. The number of hydrogen-bond acceptors (Lipinski definition) is 6. The zero-order valence-corrected chi connectivity index (χ0v) is 19.5. The average molecular weight is 458 g/mol. The van der Waals surface area contributed by atoms with E-state index in [2.05, 4.69) is 0 Å². The molecule has 29 heavy (non-hydrogen) atoms. The molecule has 0 saturated heterocycles. The summed E-state index contributed by atoms with van der Waals surface area (Å²) in [5.41, 5.74) is 8.92. The molecule has 0 aliphatic rings. The predicted molar refractivity (Wildman–Crippen MR) is 110 cm³/mol. The number of nitrogens with two attached hydrogens (primary N) is 2. The van der Waals surface area contributed by atoms with Crippen LogP contribution in [0.3, 0.4) is 0 Å². The Hall–Kier alpha value is -0.440. The van der Waals surface area contributed by atoms with E-state index in [0.717, 1.165) is 0 Å². The molecule has 0 radical (unpaired) electrons. The molecule has 0 aliphatic carbocycles. The Kier molecular flexibility index (Phi) is 11.6. The Balaban J connectivity index is 4.08. The molecule has 0 aromatic heterocycles. The molecule has 0 aromatic carbocycles. The van der Waals surface area contributed by atoms with Crippen LogP contribution in [0.2, 0.25) is 0 Å². The van der Waals surface area contributed by atoms with E-state index in [9.17, 15) is 18.7 Å². The summed E-state index contributed by atoms with van der Waals surface area (Å²) in [4.78, 5) is 41.9. The highest BCUT2D eigenvalue weighted by Gasteiger charge is 2.25. The van der Waals surface area contributed by atoms with Gasteiger partial charge >= 0.3 is 15.5 Å². The predicted octanol–water partition coefficient (Wildman–Crippen LogP) is 3.06. The number of Topliss-reactive ketones (excluding diaryl/α,β-unsaturated/α-hetero) is 2. The molecule has 10 nitrogen and oxygen atoms in total. The van der Waals surface area contributed by atoms with E-state index in [1.54, 1.807) is 0 Å². The van der Waals surface area contributed by atoms with E-state index in [1.165, 1.54) is 0 Å². The molecule has 0 amide bonds. The summed E-state index contributed by atoms with van der Waals surface area (Å²) >= 11 is 0. The quantitative estimate of drug-likeness (QED) is 0.251. The molecule has 6 N–H and O–H groups in total. The van der Waals surface area contributed by atoms with Crippen molar-refractivity contribution in [3.8, 4) is 0 Å². The van der Waals surface area contributed by atoms with E-state index >= 15 is 0 Å². The number of ketones is 2. The SMILES string of the molecule is CC(C)(CCC(=O)CCCC(=O)CCC(C)(C)COP(N)(=O)O)COP(N)(=O)O. The normalized spacial score (nSPS) is 16.8. The van der Waals surface area contributed by atoms with Crippen molar-refractivity contribution in [1.29, 1.82) is 0 Å². The van der Waals surface area contributed by atoms with Gasteiger partial charge in [0.05, 0.1) is 13.2 Å². The molecule has 0 heterocycles. The second-order valence-electron chi connectivity index (χ2n) is 8.93. The third kappa shape index (κ3) is 18.1. The lowest BCUT2D eigenvalue weighted by Gasteiger charge is -2.24. The van der Waals surface area contributed by atoms with Crippen LogP contribution in [0.1, 0.15) is 72.6 Å². The summed E-state index contributed by atoms with van der Waals surface area (Å²) in [7, 11) is -8.07. The standard InChI is InChI=1S/C17H36N2O8P2/c1-16(2,12-26-28(18,22)23)10-8-14(20)6-5-7-15(21)9-11-17(3,4)13-27-29(19,24)25/h5-13H2,1-4H3,(H3,18,22,23)(H3,19,24,25). The minimum absolute atomic E-state index is 0.0150. The highest BCUT2D eigenvalue weighted by molar-refractivity contribution is 7.50. The van der Waals surface area contributed by atoms with E-state index in [4.69, 9.17) is 29.8 Å². The van der Waals surface area contributed by atoms with Crippen molar-refractivity contribution in [2.24, 2.45) is 21.8 Å². The lowest BCUT2D eigenvalue weighted by Crippen LogP contribution is -2.21. The van der Waals surface area contributed by atoms with Gasteiger partial charge in [0.2, 0.25) is 0 Å². The van der Waals surface area contributed by atoms with Gasteiger partial charge in [0.1, 0.15) is 11.6 Å². The second-order valence-corrected chi connectivity index (χ2v) is 11.7. The number of rotatable bonds is 16. The Morgan fingerprint density at radius 1 is 0.759 bits per heavy atom. The average Bonchev–Trinajstić information content (AvgIpc) is 2.54. The molecule has 0 aromatic rings. The van der Waals surface area contributed by atoms with Crippen LogP contribution in [0, 0.1) is 10.8 Å². The van der Waals surface area contributed by atoms with Crippen molar-refractivity contribution in [2.45, 2.75) is 72.6 Å². The fourth-order valence-electron chi connectivity index (χ4n) is 2.37. The number of hydrogen-bond donors (Lipinski definition) is 4. The Morgan fingerprint density at radius 3 is 1.34 bits per heavy atom. The highest BCUT2D eigenvalue weighted by atomic mass is 31.2. The van der Waals surface area contributed by atoms with Gasteiger partial charge in [-0.05, 0) is 30.1 Å². The minimum atomic E-state index is -4.03. The first-order chi connectivity index (χ1) is 12.9. The Morgan fingerprint density at radius 2 is 1.07 bits per heavy atom. The smallest absolute Gasteiger partial charge is 0.313 e. The molecular weight excluding hydrogens is 422 g/mol. The molecule has 0 rings (SSSR count). The van der Waals surface area contributed by atoms with Crippen LogP contribution in [-0.4, -0.2) is 34.6 Å². The first kappa shape index (κ1) is 28.6. The van der Waals surface area contributed by atoms with Crippen LogP contribution in [0.5, 0.6) is 0 Å². The van der Waals surface area contributed by atoms with Gasteiger partial charge in [0.15, 0.2) is 0 Å². The molecule has 2 unspecified atom stereocenters. The zero-order chi connectivity index (χ0) is 22.9. The van der Waals surface area contributed by atoms with Crippen LogP contribution in [0.4, 0.5) is 0 Å². The van der Waals surface area contributed by atoms with E-state index in [0.29, 0.717) is 19.3 Å². The Bertz CT molecular complexity index is 585. The van der Waals surface area contributed by atoms with Gasteiger partial charge in [-0.1, -0.05) is 27.7 Å². The maximum absolute atomic E-state index is 12.0. The molecule has 2 atom stereocenters.